The van der Waals surface area contributed by atoms with Crippen molar-refractivity contribution in [1.82, 2.24) is 5.43 Å². The molecule has 0 atom stereocenters. The molecular formula is C5H5N4. The van der Waals surface area contributed by atoms with Gasteiger partial charge in [-0.25, -0.2) is 0 Å². The molecule has 45 valence electrons. The molecule has 0 amide bonds. The van der Waals surface area contributed by atoms with Crippen molar-refractivity contribution in [2.24, 2.45) is 15.3 Å². The lowest BCUT2D eigenvalue weighted by atomic mass is 10.2. The van der Waals surface area contributed by atoms with Crippen LogP contribution in [0.2, 0.25) is 0 Å². The third-order valence-electron chi connectivity index (χ3n) is 1.30. The van der Waals surface area contributed by atoms with Crippen LogP contribution in [0.25, 0.3) is 0 Å². The lowest BCUT2D eigenvalue weighted by Gasteiger charge is -2.00. The fraction of sp³-hybridized carbons (Fsp3) is 0.400. The molecule has 0 aromatic carbocycles. The Kier molecular flexibility index (Phi) is 0.855. The zero-order valence-electron chi connectivity index (χ0n) is 4.78. The predicted molar refractivity (Wildman–Crippen MR) is 32.0 cm³/mol. The van der Waals surface area contributed by atoms with Crippen molar-refractivity contribution in [3.05, 3.63) is 11.4 Å². The highest BCUT2D eigenvalue weighted by Crippen LogP contribution is 2.16. The van der Waals surface area contributed by atoms with Gasteiger partial charge < -0.3 is 0 Å². The summed E-state index contributed by atoms with van der Waals surface area (Å²) in [6, 6.07) is 0. The third-order valence-corrected chi connectivity index (χ3v) is 1.30. The van der Waals surface area contributed by atoms with Gasteiger partial charge >= 0.3 is 0 Å². The first-order valence-electron chi connectivity index (χ1n) is 2.81. The van der Waals surface area contributed by atoms with Gasteiger partial charge in [0.2, 0.25) is 0 Å². The van der Waals surface area contributed by atoms with Crippen molar-refractivity contribution in [2.75, 3.05) is 6.54 Å². The van der Waals surface area contributed by atoms with E-state index in [0.29, 0.717) is 0 Å². The van der Waals surface area contributed by atoms with E-state index in [1.807, 2.05) is 0 Å². The van der Waals surface area contributed by atoms with Gasteiger partial charge in [0.1, 0.15) is 5.70 Å². The zero-order valence-corrected chi connectivity index (χ0v) is 4.78. The maximum Gasteiger partial charge on any atom is 0.129 e. The maximum atomic E-state index is 4.02. The molecule has 9 heavy (non-hydrogen) atoms. The van der Waals surface area contributed by atoms with E-state index in [9.17, 15) is 0 Å². The highest BCUT2D eigenvalue weighted by molar-refractivity contribution is 5.80. The van der Waals surface area contributed by atoms with E-state index in [2.05, 4.69) is 20.8 Å². The first-order valence-corrected chi connectivity index (χ1v) is 2.81. The van der Waals surface area contributed by atoms with Crippen LogP contribution in [0, 0.1) is 0 Å². The first kappa shape index (κ1) is 4.67. The second-order valence-corrected chi connectivity index (χ2v) is 1.91. The molecule has 0 saturated carbocycles. The summed E-state index contributed by atoms with van der Waals surface area (Å²) >= 11 is 0. The molecule has 0 unspecified atom stereocenters. The van der Waals surface area contributed by atoms with Gasteiger partial charge in [0, 0.05) is 13.0 Å². The van der Waals surface area contributed by atoms with Crippen LogP contribution in [0.1, 0.15) is 6.42 Å². The fourth-order valence-electron chi connectivity index (χ4n) is 0.833. The quantitative estimate of drug-likeness (QED) is 0.452. The molecule has 0 aromatic rings. The van der Waals surface area contributed by atoms with Gasteiger partial charge in [-0.1, -0.05) is 0 Å². The van der Waals surface area contributed by atoms with Crippen LogP contribution >= 0.6 is 0 Å². The van der Waals surface area contributed by atoms with Gasteiger partial charge in [-0.15, -0.1) is 10.5 Å². The van der Waals surface area contributed by atoms with Crippen molar-refractivity contribution in [1.29, 1.82) is 0 Å². The summed E-state index contributed by atoms with van der Waals surface area (Å²) in [5.41, 5.74) is 5.62. The highest BCUT2D eigenvalue weighted by atomic mass is 15.5. The topological polar surface area (TPSA) is 51.2 Å². The summed E-state index contributed by atoms with van der Waals surface area (Å²) < 4.78 is 0. The van der Waals surface area contributed by atoms with Crippen LogP contribution < -0.4 is 5.43 Å². The minimum atomic E-state index is 0.827. The van der Waals surface area contributed by atoms with E-state index < -0.39 is 0 Å². The van der Waals surface area contributed by atoms with Gasteiger partial charge in [0.25, 0.3) is 0 Å². The van der Waals surface area contributed by atoms with Crippen LogP contribution in [0.5, 0.6) is 0 Å². The average Bonchev–Trinajstić information content (AvgIpc) is 2.33. The van der Waals surface area contributed by atoms with Crippen molar-refractivity contribution in [3.8, 4) is 0 Å². The predicted octanol–water partition coefficient (Wildman–Crippen LogP) is 0.658. The van der Waals surface area contributed by atoms with Crippen molar-refractivity contribution < 1.29 is 0 Å². The summed E-state index contributed by atoms with van der Waals surface area (Å²) in [5.74, 6) is 0. The Morgan fingerprint density at radius 2 is 2.44 bits per heavy atom. The van der Waals surface area contributed by atoms with Crippen molar-refractivity contribution in [3.63, 3.8) is 0 Å². The number of hydrogen-bond donors (Lipinski definition) is 0. The smallest absolute Gasteiger partial charge is 0.129 e. The normalized spacial score (nSPS) is 22.2. The number of rotatable bonds is 0. The SMILES string of the molecule is C1=NCCC2=C1N=N[N]2. The molecule has 0 N–H and O–H groups in total. The number of allylic oxidation sites excluding steroid dienone is 1. The number of nitrogens with zero attached hydrogens (tertiary/aromatic N) is 4. The second kappa shape index (κ2) is 1.65. The van der Waals surface area contributed by atoms with E-state index in [4.69, 9.17) is 0 Å². The molecule has 0 fully saturated rings. The second-order valence-electron chi connectivity index (χ2n) is 1.91. The van der Waals surface area contributed by atoms with E-state index in [0.717, 1.165) is 24.4 Å². The van der Waals surface area contributed by atoms with Crippen molar-refractivity contribution >= 4 is 6.21 Å². The molecule has 0 aliphatic carbocycles. The Morgan fingerprint density at radius 1 is 1.44 bits per heavy atom. The summed E-state index contributed by atoms with van der Waals surface area (Å²) in [5, 5.41) is 7.26. The van der Waals surface area contributed by atoms with Crippen LogP contribution in [0.15, 0.2) is 26.7 Å². The Morgan fingerprint density at radius 3 is 3.33 bits per heavy atom. The average molecular weight is 121 g/mol. The zero-order chi connectivity index (χ0) is 6.10. The molecule has 2 aliphatic rings. The van der Waals surface area contributed by atoms with Crippen molar-refractivity contribution in [2.45, 2.75) is 6.42 Å². The summed E-state index contributed by atoms with van der Waals surface area (Å²) in [4.78, 5) is 4.02. The van der Waals surface area contributed by atoms with Gasteiger partial charge in [-0.05, 0) is 5.22 Å². The van der Waals surface area contributed by atoms with Gasteiger partial charge in [-0.2, -0.15) is 0 Å². The molecule has 0 spiro atoms. The summed E-state index contributed by atoms with van der Waals surface area (Å²) in [7, 11) is 0. The van der Waals surface area contributed by atoms with E-state index in [1.165, 1.54) is 0 Å². The maximum absolute atomic E-state index is 4.02. The van der Waals surface area contributed by atoms with Gasteiger partial charge in [0.15, 0.2) is 0 Å². The van der Waals surface area contributed by atoms with Crippen LogP contribution in [0.3, 0.4) is 0 Å². The summed E-state index contributed by atoms with van der Waals surface area (Å²) in [6.45, 7) is 0.827. The number of hydrogen-bond acceptors (Lipinski definition) is 3. The Labute approximate surface area is 52.4 Å². The minimum absolute atomic E-state index is 0.827. The molecule has 4 nitrogen and oxygen atoms in total. The molecule has 0 saturated heterocycles. The molecule has 2 rings (SSSR count). The minimum Gasteiger partial charge on any atom is -0.290 e. The lowest BCUT2D eigenvalue weighted by Crippen LogP contribution is -2.02. The van der Waals surface area contributed by atoms with Crippen LogP contribution in [-0.2, 0) is 0 Å². The molecular weight excluding hydrogens is 116 g/mol. The third kappa shape index (κ3) is 0.630. The molecule has 4 heteroatoms. The Hall–Kier alpha value is -1.19. The molecule has 2 heterocycles. The van der Waals surface area contributed by atoms with E-state index >= 15 is 0 Å². The van der Waals surface area contributed by atoms with E-state index in [1.54, 1.807) is 6.21 Å². The van der Waals surface area contributed by atoms with Crippen LogP contribution in [0.4, 0.5) is 0 Å². The largest absolute Gasteiger partial charge is 0.290 e. The lowest BCUT2D eigenvalue weighted by molar-refractivity contribution is 0.782. The monoisotopic (exact) mass is 121 g/mol. The van der Waals surface area contributed by atoms with Gasteiger partial charge in [0.05, 0.1) is 11.9 Å². The Balaban J connectivity index is 2.35. The fourth-order valence-corrected chi connectivity index (χ4v) is 0.833. The Bertz CT molecular complexity index is 213. The summed E-state index contributed by atoms with van der Waals surface area (Å²) in [6.07, 6.45) is 2.61. The number of dihydropyridines is 1. The molecule has 1 radical (unpaired) electrons. The van der Waals surface area contributed by atoms with E-state index in [-0.39, 0.29) is 0 Å². The molecule has 0 bridgehead atoms. The highest BCUT2D eigenvalue weighted by Gasteiger charge is 2.13. The standard InChI is InChI=1S/C5H5N4/c1-2-6-3-5-4(1)7-9-8-5/h3H,1-2H2. The molecule has 2 aliphatic heterocycles. The van der Waals surface area contributed by atoms with Crippen LogP contribution in [-0.4, -0.2) is 12.8 Å². The first-order chi connectivity index (χ1) is 4.47. The van der Waals surface area contributed by atoms with Gasteiger partial charge in [-0.3, -0.25) is 4.99 Å². The molecule has 0 aromatic heterocycles. The number of aliphatic imine (C=N–C) groups is 1.